The molecular weight excluding hydrogens is 590 g/mol. The van der Waals surface area contributed by atoms with Gasteiger partial charge in [0.2, 0.25) is 15.9 Å². The van der Waals surface area contributed by atoms with E-state index in [9.17, 15) is 18.0 Å². The van der Waals surface area contributed by atoms with Crippen LogP contribution in [0.5, 0.6) is 11.5 Å². The predicted molar refractivity (Wildman–Crippen MR) is 164 cm³/mol. The zero-order valence-electron chi connectivity index (χ0n) is 23.4. The maximum atomic E-state index is 14.1. The molecule has 1 atom stereocenters. The van der Waals surface area contributed by atoms with Gasteiger partial charge in [0.15, 0.2) is 6.10 Å². The Kier molecular flexibility index (Phi) is 9.30. The van der Waals surface area contributed by atoms with Crippen molar-refractivity contribution in [3.63, 3.8) is 0 Å². The fourth-order valence-electron chi connectivity index (χ4n) is 4.75. The van der Waals surface area contributed by atoms with Crippen molar-refractivity contribution in [1.82, 2.24) is 9.62 Å². The Morgan fingerprint density at radius 2 is 1.60 bits per heavy atom. The Labute approximate surface area is 255 Å². The van der Waals surface area contributed by atoms with Crippen molar-refractivity contribution in [2.75, 3.05) is 25.1 Å². The van der Waals surface area contributed by atoms with Gasteiger partial charge in [0.1, 0.15) is 16.4 Å². The first-order valence-corrected chi connectivity index (χ1v) is 15.3. The van der Waals surface area contributed by atoms with E-state index in [2.05, 4.69) is 5.32 Å². The summed E-state index contributed by atoms with van der Waals surface area (Å²) in [5.41, 5.74) is 2.04. The number of nitrogens with zero attached hydrogens (tertiary/aromatic N) is 2. The Bertz CT molecular complexity index is 1700. The summed E-state index contributed by atoms with van der Waals surface area (Å²) in [5, 5.41) is 3.07. The molecule has 9 nitrogen and oxygen atoms in total. The summed E-state index contributed by atoms with van der Waals surface area (Å²) in [6.45, 7) is -0.410. The molecule has 1 unspecified atom stereocenters. The van der Waals surface area contributed by atoms with Crippen molar-refractivity contribution in [1.29, 1.82) is 0 Å². The minimum atomic E-state index is -4.28. The van der Waals surface area contributed by atoms with Gasteiger partial charge in [-0.05, 0) is 41.5 Å². The van der Waals surface area contributed by atoms with Crippen LogP contribution in [-0.2, 0) is 32.7 Å². The topological polar surface area (TPSA) is 105 Å². The lowest BCUT2D eigenvalue weighted by Gasteiger charge is -2.35. The highest BCUT2D eigenvalue weighted by atomic mass is 35.5. The lowest BCUT2D eigenvalue weighted by Crippen LogP contribution is -2.52. The highest BCUT2D eigenvalue weighted by Gasteiger charge is 2.37. The molecule has 5 rings (SSSR count). The number of methoxy groups -OCH3 is 1. The first-order chi connectivity index (χ1) is 20.8. The Balaban J connectivity index is 1.43. The zero-order chi connectivity index (χ0) is 30.4. The van der Waals surface area contributed by atoms with Gasteiger partial charge in [-0.25, -0.2) is 8.42 Å². The largest absolute Gasteiger partial charge is 0.495 e. The number of sulfonamides is 1. The maximum Gasteiger partial charge on any atom is 0.263 e. The predicted octanol–water partition coefficient (Wildman–Crippen LogP) is 4.65. The highest BCUT2D eigenvalue weighted by molar-refractivity contribution is 7.89. The third-order valence-corrected chi connectivity index (χ3v) is 8.98. The summed E-state index contributed by atoms with van der Waals surface area (Å²) < 4.78 is 40.5. The molecule has 0 aromatic heterocycles. The first kappa shape index (κ1) is 30.1. The molecule has 4 aromatic rings. The first-order valence-electron chi connectivity index (χ1n) is 13.5. The molecule has 11 heteroatoms. The quantitative estimate of drug-likeness (QED) is 0.277. The third kappa shape index (κ3) is 6.99. The van der Waals surface area contributed by atoms with Crippen molar-refractivity contribution in [3.05, 3.63) is 119 Å². The summed E-state index contributed by atoms with van der Waals surface area (Å²) in [6.07, 6.45) is -1.00. The molecule has 0 spiro atoms. The van der Waals surface area contributed by atoms with Crippen LogP contribution in [0.1, 0.15) is 11.1 Å². The molecule has 0 bridgehead atoms. The van der Waals surface area contributed by atoms with Crippen LogP contribution in [-0.4, -0.2) is 50.8 Å². The smallest absolute Gasteiger partial charge is 0.263 e. The molecule has 43 heavy (non-hydrogen) atoms. The second-order valence-electron chi connectivity index (χ2n) is 9.84. The summed E-state index contributed by atoms with van der Waals surface area (Å²) in [4.78, 5) is 28.4. The van der Waals surface area contributed by atoms with Gasteiger partial charge in [0, 0.05) is 18.1 Å². The number of benzene rings is 4. The number of anilines is 1. The van der Waals surface area contributed by atoms with E-state index in [4.69, 9.17) is 21.1 Å². The van der Waals surface area contributed by atoms with Crippen LogP contribution < -0.4 is 19.7 Å². The number of rotatable bonds is 10. The van der Waals surface area contributed by atoms with Gasteiger partial charge >= 0.3 is 0 Å². The molecule has 0 saturated heterocycles. The van der Waals surface area contributed by atoms with Gasteiger partial charge in [0.25, 0.3) is 5.91 Å². The van der Waals surface area contributed by atoms with Crippen LogP contribution in [0, 0.1) is 0 Å². The van der Waals surface area contributed by atoms with Crippen LogP contribution in [0.2, 0.25) is 5.02 Å². The number of fused-ring (bicyclic) bond motifs is 1. The number of amides is 2. The van der Waals surface area contributed by atoms with E-state index in [1.165, 1.54) is 30.2 Å². The SMILES string of the molecule is COc1ccc(Cl)cc1S(=O)(=O)N(CC(=O)N1CC(C(=O)NCc2ccccc2)Oc2ccccc21)Cc1ccccc1. The summed E-state index contributed by atoms with van der Waals surface area (Å²) >= 11 is 6.17. The van der Waals surface area contributed by atoms with E-state index in [1.54, 1.807) is 48.5 Å². The van der Waals surface area contributed by atoms with Gasteiger partial charge in [-0.1, -0.05) is 84.4 Å². The Hall–Kier alpha value is -4.38. The number of hydrogen-bond donors (Lipinski definition) is 1. The standard InChI is InChI=1S/C32H30ClN3O6S/c1-41-28-17-16-25(33)18-30(28)43(39,40)35(20-24-12-6-3-7-13-24)22-31(37)36-21-29(42-27-15-9-8-14-26(27)36)32(38)34-19-23-10-4-2-5-11-23/h2-18,29H,19-22H2,1H3,(H,34,38). The summed E-state index contributed by atoms with van der Waals surface area (Å²) in [7, 11) is -2.92. The number of halogens is 1. The monoisotopic (exact) mass is 619 g/mol. The van der Waals surface area contributed by atoms with E-state index in [-0.39, 0.29) is 28.8 Å². The van der Waals surface area contributed by atoms with E-state index in [0.29, 0.717) is 23.5 Å². The summed E-state index contributed by atoms with van der Waals surface area (Å²) in [5.74, 6) is -0.483. The normalized spacial score (nSPS) is 14.5. The summed E-state index contributed by atoms with van der Waals surface area (Å²) in [6, 6.07) is 29.5. The van der Waals surface area contributed by atoms with Crippen molar-refractivity contribution in [2.45, 2.75) is 24.1 Å². The number of carbonyl (C=O) groups excluding carboxylic acids is 2. The van der Waals surface area contributed by atoms with Crippen LogP contribution in [0.25, 0.3) is 0 Å². The molecule has 0 radical (unpaired) electrons. The van der Waals surface area contributed by atoms with Crippen LogP contribution >= 0.6 is 11.6 Å². The average Bonchev–Trinajstić information content (AvgIpc) is 3.03. The number of carbonyl (C=O) groups is 2. The van der Waals surface area contributed by atoms with Crippen molar-refractivity contribution in [3.8, 4) is 11.5 Å². The van der Waals surface area contributed by atoms with E-state index >= 15 is 0 Å². The van der Waals surface area contributed by atoms with Crippen molar-refractivity contribution in [2.24, 2.45) is 0 Å². The molecular formula is C32H30ClN3O6S. The van der Waals surface area contributed by atoms with Gasteiger partial charge in [-0.2, -0.15) is 4.31 Å². The van der Waals surface area contributed by atoms with E-state index in [0.717, 1.165) is 9.87 Å². The fraction of sp³-hybridized carbons (Fsp3) is 0.188. The van der Waals surface area contributed by atoms with E-state index < -0.39 is 34.5 Å². The number of ether oxygens (including phenoxy) is 2. The molecule has 1 aliphatic rings. The molecule has 1 heterocycles. The Morgan fingerprint density at radius 1 is 0.953 bits per heavy atom. The van der Waals surface area contributed by atoms with Crippen LogP contribution in [0.4, 0.5) is 5.69 Å². The maximum absolute atomic E-state index is 14.1. The van der Waals surface area contributed by atoms with Crippen LogP contribution in [0.15, 0.2) is 108 Å². The molecule has 4 aromatic carbocycles. The minimum Gasteiger partial charge on any atom is -0.495 e. The number of hydrogen-bond acceptors (Lipinski definition) is 6. The minimum absolute atomic E-state index is 0.0858. The molecule has 0 aliphatic carbocycles. The van der Waals surface area contributed by atoms with E-state index in [1.807, 2.05) is 36.4 Å². The highest BCUT2D eigenvalue weighted by Crippen LogP contribution is 2.35. The van der Waals surface area contributed by atoms with Crippen molar-refractivity contribution < 1.29 is 27.5 Å². The molecule has 0 fully saturated rings. The van der Waals surface area contributed by atoms with Crippen LogP contribution in [0.3, 0.4) is 0 Å². The second-order valence-corrected chi connectivity index (χ2v) is 12.2. The second kappa shape index (κ2) is 13.3. The molecule has 1 N–H and O–H groups in total. The average molecular weight is 620 g/mol. The lowest BCUT2D eigenvalue weighted by molar-refractivity contribution is -0.128. The third-order valence-electron chi connectivity index (χ3n) is 6.93. The molecule has 2 amide bonds. The van der Waals surface area contributed by atoms with Gasteiger partial charge in [0.05, 0.1) is 25.9 Å². The zero-order valence-corrected chi connectivity index (χ0v) is 24.9. The number of nitrogens with one attached hydrogen (secondary N) is 1. The van der Waals surface area contributed by atoms with Gasteiger partial charge in [-0.15, -0.1) is 0 Å². The Morgan fingerprint density at radius 3 is 2.30 bits per heavy atom. The number of para-hydroxylation sites is 2. The van der Waals surface area contributed by atoms with Crippen molar-refractivity contribution >= 4 is 39.1 Å². The molecule has 0 saturated carbocycles. The van der Waals surface area contributed by atoms with Gasteiger partial charge < -0.3 is 19.7 Å². The molecule has 1 aliphatic heterocycles. The fourth-order valence-corrected chi connectivity index (χ4v) is 6.54. The lowest BCUT2D eigenvalue weighted by atomic mass is 10.1. The molecule has 222 valence electrons. The van der Waals surface area contributed by atoms with Gasteiger partial charge in [-0.3, -0.25) is 9.59 Å².